The number of rotatable bonds is 5. The van der Waals surface area contributed by atoms with Gasteiger partial charge in [-0.05, 0) is 30.2 Å². The average Bonchev–Trinajstić information content (AvgIpc) is 2.91. The third kappa shape index (κ3) is 3.20. The normalized spacial score (nSPS) is 10.3. The maximum Gasteiger partial charge on any atom is 0.306 e. The molecule has 0 amide bonds. The fourth-order valence-electron chi connectivity index (χ4n) is 1.61. The molecule has 1 heterocycles. The minimum Gasteiger partial charge on any atom is -0.461 e. The SMILES string of the molecule is CCCC(=O)OCc1ccc(-n2cccn2)cc1. The minimum atomic E-state index is -0.145. The number of carbonyl (C=O) groups is 1. The summed E-state index contributed by atoms with van der Waals surface area (Å²) in [5.74, 6) is -0.145. The van der Waals surface area contributed by atoms with Gasteiger partial charge in [0.2, 0.25) is 0 Å². The molecule has 0 aliphatic heterocycles. The van der Waals surface area contributed by atoms with Crippen LogP contribution >= 0.6 is 0 Å². The van der Waals surface area contributed by atoms with E-state index in [4.69, 9.17) is 4.74 Å². The van der Waals surface area contributed by atoms with Crippen molar-refractivity contribution < 1.29 is 9.53 Å². The molecular formula is C14H16N2O2. The van der Waals surface area contributed by atoms with Crippen LogP contribution in [0.25, 0.3) is 5.69 Å². The van der Waals surface area contributed by atoms with Crippen LogP contribution in [0, 0.1) is 0 Å². The Morgan fingerprint density at radius 1 is 1.33 bits per heavy atom. The van der Waals surface area contributed by atoms with Crippen molar-refractivity contribution in [2.75, 3.05) is 0 Å². The van der Waals surface area contributed by atoms with E-state index in [1.54, 1.807) is 10.9 Å². The molecule has 0 unspecified atom stereocenters. The Bertz CT molecular complexity index is 489. The number of esters is 1. The number of aromatic nitrogens is 2. The lowest BCUT2D eigenvalue weighted by Crippen LogP contribution is -2.03. The van der Waals surface area contributed by atoms with E-state index in [0.717, 1.165) is 17.7 Å². The maximum absolute atomic E-state index is 11.2. The molecule has 94 valence electrons. The third-order valence-corrected chi connectivity index (χ3v) is 2.56. The van der Waals surface area contributed by atoms with E-state index in [9.17, 15) is 4.79 Å². The van der Waals surface area contributed by atoms with Crippen molar-refractivity contribution in [1.82, 2.24) is 9.78 Å². The Hall–Kier alpha value is -2.10. The summed E-state index contributed by atoms with van der Waals surface area (Å²) in [6, 6.07) is 9.67. The zero-order valence-electron chi connectivity index (χ0n) is 10.4. The Morgan fingerprint density at radius 3 is 2.72 bits per heavy atom. The molecule has 0 atom stereocenters. The highest BCUT2D eigenvalue weighted by atomic mass is 16.5. The topological polar surface area (TPSA) is 44.1 Å². The Morgan fingerprint density at radius 2 is 2.11 bits per heavy atom. The van der Waals surface area contributed by atoms with Crippen LogP contribution in [0.5, 0.6) is 0 Å². The van der Waals surface area contributed by atoms with Gasteiger partial charge in [0.05, 0.1) is 5.69 Å². The van der Waals surface area contributed by atoms with Crippen molar-refractivity contribution in [3.05, 3.63) is 48.3 Å². The number of benzene rings is 1. The first-order chi connectivity index (χ1) is 8.79. The molecule has 0 saturated heterocycles. The molecule has 0 spiro atoms. The second-order valence-electron chi connectivity index (χ2n) is 4.03. The molecule has 0 saturated carbocycles. The van der Waals surface area contributed by atoms with E-state index in [-0.39, 0.29) is 5.97 Å². The van der Waals surface area contributed by atoms with E-state index in [1.807, 2.05) is 43.5 Å². The first-order valence-corrected chi connectivity index (χ1v) is 6.04. The van der Waals surface area contributed by atoms with Crippen molar-refractivity contribution >= 4 is 5.97 Å². The molecule has 4 nitrogen and oxygen atoms in total. The zero-order valence-corrected chi connectivity index (χ0v) is 10.4. The van der Waals surface area contributed by atoms with Gasteiger partial charge in [-0.25, -0.2) is 4.68 Å². The lowest BCUT2D eigenvalue weighted by atomic mass is 10.2. The third-order valence-electron chi connectivity index (χ3n) is 2.56. The molecule has 0 aliphatic carbocycles. The van der Waals surface area contributed by atoms with E-state index in [0.29, 0.717) is 13.0 Å². The van der Waals surface area contributed by atoms with E-state index in [1.165, 1.54) is 0 Å². The molecule has 0 bridgehead atoms. The summed E-state index contributed by atoms with van der Waals surface area (Å²) in [5.41, 5.74) is 1.97. The summed E-state index contributed by atoms with van der Waals surface area (Å²) in [4.78, 5) is 11.2. The monoisotopic (exact) mass is 244 g/mol. The Labute approximate surface area is 106 Å². The summed E-state index contributed by atoms with van der Waals surface area (Å²) in [5, 5.41) is 4.15. The second kappa shape index (κ2) is 6.00. The molecule has 0 aliphatic rings. The highest BCUT2D eigenvalue weighted by Gasteiger charge is 2.02. The summed E-state index contributed by atoms with van der Waals surface area (Å²) in [6.45, 7) is 2.29. The van der Waals surface area contributed by atoms with Gasteiger partial charge in [-0.2, -0.15) is 5.10 Å². The van der Waals surface area contributed by atoms with Crippen molar-refractivity contribution in [2.24, 2.45) is 0 Å². The van der Waals surface area contributed by atoms with Crippen molar-refractivity contribution in [1.29, 1.82) is 0 Å². The number of ether oxygens (including phenoxy) is 1. The second-order valence-corrected chi connectivity index (χ2v) is 4.03. The van der Waals surface area contributed by atoms with Crippen LogP contribution in [-0.2, 0) is 16.1 Å². The van der Waals surface area contributed by atoms with Gasteiger partial charge in [-0.1, -0.05) is 19.1 Å². The van der Waals surface area contributed by atoms with Crippen LogP contribution in [0.3, 0.4) is 0 Å². The fourth-order valence-corrected chi connectivity index (χ4v) is 1.61. The quantitative estimate of drug-likeness (QED) is 0.759. The van der Waals surface area contributed by atoms with Crippen molar-refractivity contribution in [3.63, 3.8) is 0 Å². The molecule has 1 aromatic carbocycles. The van der Waals surface area contributed by atoms with E-state index in [2.05, 4.69) is 5.10 Å². The van der Waals surface area contributed by atoms with Crippen LogP contribution in [0.1, 0.15) is 25.3 Å². The van der Waals surface area contributed by atoms with Crippen LogP contribution in [0.15, 0.2) is 42.7 Å². The first kappa shape index (κ1) is 12.4. The van der Waals surface area contributed by atoms with Crippen molar-refractivity contribution in [2.45, 2.75) is 26.4 Å². The number of hydrogen-bond acceptors (Lipinski definition) is 3. The molecule has 2 aromatic rings. The molecule has 0 radical (unpaired) electrons. The highest BCUT2D eigenvalue weighted by Crippen LogP contribution is 2.09. The van der Waals surface area contributed by atoms with Gasteiger partial charge in [-0.3, -0.25) is 4.79 Å². The van der Waals surface area contributed by atoms with Gasteiger partial charge < -0.3 is 4.74 Å². The van der Waals surface area contributed by atoms with E-state index >= 15 is 0 Å². The number of nitrogens with zero attached hydrogens (tertiary/aromatic N) is 2. The molecule has 2 rings (SSSR count). The standard InChI is InChI=1S/C14H16N2O2/c1-2-4-14(17)18-11-12-5-7-13(8-6-12)16-10-3-9-15-16/h3,5-10H,2,4,11H2,1H3. The van der Waals surface area contributed by atoms with Gasteiger partial charge in [0.15, 0.2) is 0 Å². The molecule has 0 fully saturated rings. The molecule has 0 N–H and O–H groups in total. The molecule has 1 aromatic heterocycles. The smallest absolute Gasteiger partial charge is 0.306 e. The maximum atomic E-state index is 11.2. The molecular weight excluding hydrogens is 228 g/mol. The van der Waals surface area contributed by atoms with E-state index < -0.39 is 0 Å². The number of carbonyl (C=O) groups excluding carboxylic acids is 1. The average molecular weight is 244 g/mol. The van der Waals surface area contributed by atoms with Crippen molar-refractivity contribution in [3.8, 4) is 5.69 Å². The summed E-state index contributed by atoms with van der Waals surface area (Å²) in [7, 11) is 0. The van der Waals surface area contributed by atoms with Crippen LogP contribution in [0.4, 0.5) is 0 Å². The zero-order chi connectivity index (χ0) is 12.8. The predicted octanol–water partition coefficient (Wildman–Crippen LogP) is 2.72. The van der Waals surface area contributed by atoms with Gasteiger partial charge >= 0.3 is 5.97 Å². The largest absolute Gasteiger partial charge is 0.461 e. The first-order valence-electron chi connectivity index (χ1n) is 6.04. The predicted molar refractivity (Wildman–Crippen MR) is 68.3 cm³/mol. The van der Waals surface area contributed by atoms with Gasteiger partial charge in [-0.15, -0.1) is 0 Å². The minimum absolute atomic E-state index is 0.145. The summed E-state index contributed by atoms with van der Waals surface area (Å²) >= 11 is 0. The molecule has 18 heavy (non-hydrogen) atoms. The summed E-state index contributed by atoms with van der Waals surface area (Å²) in [6.07, 6.45) is 4.92. The Kier molecular flexibility index (Phi) is 4.12. The lowest BCUT2D eigenvalue weighted by Gasteiger charge is -2.05. The molecule has 4 heteroatoms. The van der Waals surface area contributed by atoms with Crippen LogP contribution in [-0.4, -0.2) is 15.7 Å². The van der Waals surface area contributed by atoms with Crippen LogP contribution in [0.2, 0.25) is 0 Å². The number of hydrogen-bond donors (Lipinski definition) is 0. The highest BCUT2D eigenvalue weighted by molar-refractivity contribution is 5.69. The van der Waals surface area contributed by atoms with Gasteiger partial charge in [0.1, 0.15) is 6.61 Å². The lowest BCUT2D eigenvalue weighted by molar-refractivity contribution is -0.144. The van der Waals surface area contributed by atoms with Gasteiger partial charge in [0.25, 0.3) is 0 Å². The van der Waals surface area contributed by atoms with Gasteiger partial charge in [0, 0.05) is 18.8 Å². The Balaban J connectivity index is 1.94. The fraction of sp³-hybridized carbons (Fsp3) is 0.286. The van der Waals surface area contributed by atoms with Crippen LogP contribution < -0.4 is 0 Å². The summed E-state index contributed by atoms with van der Waals surface area (Å²) < 4.78 is 6.92.